The molecule has 0 unspecified atom stereocenters. The molecule has 0 aromatic carbocycles. The molecule has 1 amide bonds. The fourth-order valence-corrected chi connectivity index (χ4v) is 4.48. The fraction of sp³-hybridized carbons (Fsp3) is 0.938. The van der Waals surface area contributed by atoms with Crippen LogP contribution in [0.5, 0.6) is 0 Å². The minimum atomic E-state index is -0.0422. The molecular formula is C16H27NO2. The first kappa shape index (κ1) is 13.4. The predicted octanol–water partition coefficient (Wildman–Crippen LogP) is 3.18. The van der Waals surface area contributed by atoms with Gasteiger partial charge >= 0.3 is 0 Å². The van der Waals surface area contributed by atoms with Crippen molar-refractivity contribution in [1.82, 2.24) is 4.90 Å². The summed E-state index contributed by atoms with van der Waals surface area (Å²) in [4.78, 5) is 14.6. The Morgan fingerprint density at radius 1 is 1.16 bits per heavy atom. The molecule has 2 saturated heterocycles. The highest BCUT2D eigenvalue weighted by atomic mass is 16.5. The summed E-state index contributed by atoms with van der Waals surface area (Å²) in [5.41, 5.74) is -0.0422. The Hall–Kier alpha value is -0.570. The zero-order valence-electron chi connectivity index (χ0n) is 12.7. The van der Waals surface area contributed by atoms with E-state index in [0.717, 1.165) is 18.8 Å². The molecular weight excluding hydrogens is 238 g/mol. The van der Waals surface area contributed by atoms with E-state index < -0.39 is 0 Å². The molecule has 5 atom stereocenters. The topological polar surface area (TPSA) is 29.5 Å². The van der Waals surface area contributed by atoms with Crippen LogP contribution in [0.3, 0.4) is 0 Å². The van der Waals surface area contributed by atoms with Crippen molar-refractivity contribution in [2.45, 2.75) is 77.7 Å². The number of amides is 1. The van der Waals surface area contributed by atoms with Gasteiger partial charge in [0.15, 0.2) is 0 Å². The Labute approximate surface area is 116 Å². The van der Waals surface area contributed by atoms with E-state index in [9.17, 15) is 4.79 Å². The van der Waals surface area contributed by atoms with Crippen molar-refractivity contribution in [3.05, 3.63) is 0 Å². The van der Waals surface area contributed by atoms with Gasteiger partial charge in [0.2, 0.25) is 5.91 Å². The van der Waals surface area contributed by atoms with E-state index in [-0.39, 0.29) is 17.7 Å². The van der Waals surface area contributed by atoms with Crippen LogP contribution in [0.15, 0.2) is 0 Å². The average molecular weight is 265 g/mol. The van der Waals surface area contributed by atoms with Gasteiger partial charge in [0.05, 0.1) is 6.10 Å². The Kier molecular flexibility index (Phi) is 3.16. The molecule has 0 radical (unpaired) electrons. The molecule has 0 N–H and O–H groups in total. The molecule has 1 saturated carbocycles. The molecule has 2 heterocycles. The number of piperidine rings is 1. The molecule has 0 aromatic heterocycles. The third-order valence-corrected chi connectivity index (χ3v) is 5.71. The molecule has 3 nitrogen and oxygen atoms in total. The maximum absolute atomic E-state index is 12.6. The summed E-state index contributed by atoms with van der Waals surface area (Å²) < 4.78 is 6.32. The van der Waals surface area contributed by atoms with Crippen molar-refractivity contribution in [3.63, 3.8) is 0 Å². The molecule has 3 fully saturated rings. The highest BCUT2D eigenvalue weighted by Gasteiger charge is 2.53. The average Bonchev–Trinajstić information content (AvgIpc) is 2.32. The summed E-state index contributed by atoms with van der Waals surface area (Å²) in [5.74, 6) is 1.74. The molecule has 3 rings (SSSR count). The van der Waals surface area contributed by atoms with Crippen LogP contribution in [0, 0.1) is 17.8 Å². The lowest BCUT2D eigenvalue weighted by atomic mass is 9.69. The van der Waals surface area contributed by atoms with E-state index in [1.807, 2.05) is 0 Å². The second kappa shape index (κ2) is 4.47. The van der Waals surface area contributed by atoms with Gasteiger partial charge in [-0.2, -0.15) is 0 Å². The van der Waals surface area contributed by atoms with Gasteiger partial charge in [-0.05, 0) is 45.4 Å². The SMILES string of the molecule is C[C@@H]1CC[C@@H]2[C@@H](C1)O[C@H]1CC[C@@H](C)C(=O)N1C2(C)C. The van der Waals surface area contributed by atoms with Crippen molar-refractivity contribution in [1.29, 1.82) is 0 Å². The Morgan fingerprint density at radius 3 is 2.63 bits per heavy atom. The summed E-state index contributed by atoms with van der Waals surface area (Å²) >= 11 is 0. The van der Waals surface area contributed by atoms with Crippen LogP contribution in [0.4, 0.5) is 0 Å². The molecule has 2 aliphatic heterocycles. The minimum Gasteiger partial charge on any atom is -0.355 e. The van der Waals surface area contributed by atoms with Crippen LogP contribution < -0.4 is 0 Å². The van der Waals surface area contributed by atoms with Crippen LogP contribution in [-0.4, -0.2) is 28.7 Å². The summed E-state index contributed by atoms with van der Waals surface area (Å²) in [7, 11) is 0. The zero-order valence-corrected chi connectivity index (χ0v) is 12.7. The Bertz CT molecular complexity index is 379. The first-order valence-corrected chi connectivity index (χ1v) is 7.90. The minimum absolute atomic E-state index is 0.0326. The molecule has 3 heteroatoms. The van der Waals surface area contributed by atoms with Gasteiger partial charge in [-0.1, -0.05) is 20.3 Å². The molecule has 0 aromatic rings. The van der Waals surface area contributed by atoms with Crippen LogP contribution in [-0.2, 0) is 9.53 Å². The van der Waals surface area contributed by atoms with Crippen LogP contribution in [0.2, 0.25) is 0 Å². The molecule has 19 heavy (non-hydrogen) atoms. The zero-order chi connectivity index (χ0) is 13.8. The number of hydrogen-bond donors (Lipinski definition) is 0. The summed E-state index contributed by atoms with van der Waals surface area (Å²) in [6, 6.07) is 0. The van der Waals surface area contributed by atoms with E-state index in [4.69, 9.17) is 4.74 Å². The third kappa shape index (κ3) is 2.01. The lowest BCUT2D eigenvalue weighted by Gasteiger charge is -2.59. The first-order valence-electron chi connectivity index (χ1n) is 7.90. The molecule has 108 valence electrons. The van der Waals surface area contributed by atoms with Gasteiger partial charge < -0.3 is 9.64 Å². The van der Waals surface area contributed by atoms with Gasteiger partial charge in [-0.25, -0.2) is 0 Å². The smallest absolute Gasteiger partial charge is 0.227 e. The van der Waals surface area contributed by atoms with Crippen molar-refractivity contribution < 1.29 is 9.53 Å². The van der Waals surface area contributed by atoms with E-state index in [0.29, 0.717) is 17.9 Å². The van der Waals surface area contributed by atoms with Gasteiger partial charge in [-0.15, -0.1) is 0 Å². The summed E-state index contributed by atoms with van der Waals surface area (Å²) in [6.07, 6.45) is 6.02. The number of hydrogen-bond acceptors (Lipinski definition) is 2. The van der Waals surface area contributed by atoms with Crippen LogP contribution >= 0.6 is 0 Å². The van der Waals surface area contributed by atoms with Gasteiger partial charge in [0.1, 0.15) is 6.23 Å². The monoisotopic (exact) mass is 265 g/mol. The number of ether oxygens (including phenoxy) is 1. The van der Waals surface area contributed by atoms with Crippen LogP contribution in [0.1, 0.15) is 59.8 Å². The van der Waals surface area contributed by atoms with E-state index in [2.05, 4.69) is 32.6 Å². The predicted molar refractivity (Wildman–Crippen MR) is 74.5 cm³/mol. The quantitative estimate of drug-likeness (QED) is 0.673. The van der Waals surface area contributed by atoms with Crippen molar-refractivity contribution in [2.24, 2.45) is 17.8 Å². The first-order chi connectivity index (χ1) is 8.91. The summed E-state index contributed by atoms with van der Waals surface area (Å²) in [6.45, 7) is 8.90. The highest BCUT2D eigenvalue weighted by Crippen LogP contribution is 2.47. The molecule has 0 bridgehead atoms. The Morgan fingerprint density at radius 2 is 1.89 bits per heavy atom. The maximum atomic E-state index is 12.6. The normalized spacial score (nSPS) is 45.6. The second-order valence-corrected chi connectivity index (χ2v) is 7.49. The van der Waals surface area contributed by atoms with E-state index in [1.165, 1.54) is 19.3 Å². The third-order valence-electron chi connectivity index (χ3n) is 5.71. The standard InChI is InChI=1S/C16H27NO2/c1-10-5-7-12-13(9-10)19-14-8-6-11(2)15(18)17(14)16(12,3)4/h10-14H,5-9H2,1-4H3/t10-,11-,12-,13-,14+/m1/s1. The van der Waals surface area contributed by atoms with Crippen LogP contribution in [0.25, 0.3) is 0 Å². The van der Waals surface area contributed by atoms with Gasteiger partial charge in [-0.3, -0.25) is 4.79 Å². The maximum Gasteiger partial charge on any atom is 0.227 e. The van der Waals surface area contributed by atoms with Crippen molar-refractivity contribution >= 4 is 5.91 Å². The van der Waals surface area contributed by atoms with Crippen molar-refractivity contribution in [2.75, 3.05) is 0 Å². The van der Waals surface area contributed by atoms with Gasteiger partial charge in [0.25, 0.3) is 0 Å². The number of carbonyl (C=O) groups is 1. The lowest BCUT2D eigenvalue weighted by Crippen LogP contribution is -2.68. The lowest BCUT2D eigenvalue weighted by molar-refractivity contribution is -0.242. The van der Waals surface area contributed by atoms with E-state index >= 15 is 0 Å². The number of rotatable bonds is 0. The molecule has 0 spiro atoms. The van der Waals surface area contributed by atoms with Crippen molar-refractivity contribution in [3.8, 4) is 0 Å². The Balaban J connectivity index is 1.90. The number of carbonyl (C=O) groups excluding carboxylic acids is 1. The summed E-state index contributed by atoms with van der Waals surface area (Å²) in [5, 5.41) is 0. The number of nitrogens with zero attached hydrogens (tertiary/aromatic N) is 1. The second-order valence-electron chi connectivity index (χ2n) is 7.49. The van der Waals surface area contributed by atoms with E-state index in [1.54, 1.807) is 0 Å². The highest BCUT2D eigenvalue weighted by molar-refractivity contribution is 5.80. The number of fused-ring (bicyclic) bond motifs is 2. The van der Waals surface area contributed by atoms with Gasteiger partial charge in [0, 0.05) is 17.4 Å². The largest absolute Gasteiger partial charge is 0.355 e. The molecule has 3 aliphatic rings. The molecule has 1 aliphatic carbocycles. The fourth-order valence-electron chi connectivity index (χ4n) is 4.48.